The van der Waals surface area contributed by atoms with Gasteiger partial charge in [0.05, 0.1) is 5.52 Å². The minimum absolute atomic E-state index is 0.219. The molecular weight excluding hydrogens is 272 g/mol. The van der Waals surface area contributed by atoms with E-state index in [-0.39, 0.29) is 5.43 Å². The Balaban J connectivity index is 2.06. The van der Waals surface area contributed by atoms with Crippen molar-refractivity contribution < 1.29 is 0 Å². The Morgan fingerprint density at radius 1 is 1.00 bits per heavy atom. The highest BCUT2D eigenvalue weighted by atomic mass is 16.1. The molecule has 3 heteroatoms. The molecule has 2 aromatic rings. The first-order valence-corrected chi connectivity index (χ1v) is 8.42. The Morgan fingerprint density at radius 2 is 1.64 bits per heavy atom. The van der Waals surface area contributed by atoms with Crippen molar-refractivity contribution in [3.05, 3.63) is 44.7 Å². The van der Waals surface area contributed by atoms with Crippen molar-refractivity contribution in [1.29, 1.82) is 0 Å². The zero-order valence-electron chi connectivity index (χ0n) is 14.0. The average Bonchev–Trinajstić information content (AvgIpc) is 2.75. The predicted molar refractivity (Wildman–Crippen MR) is 92.5 cm³/mol. The topological polar surface area (TPSA) is 36.1 Å². The van der Waals surface area contributed by atoms with Gasteiger partial charge in [-0.25, -0.2) is 0 Å². The van der Waals surface area contributed by atoms with Crippen molar-refractivity contribution in [3.63, 3.8) is 0 Å². The van der Waals surface area contributed by atoms with Gasteiger partial charge in [0, 0.05) is 23.2 Å². The molecule has 22 heavy (non-hydrogen) atoms. The van der Waals surface area contributed by atoms with Crippen LogP contribution in [0.1, 0.15) is 48.1 Å². The number of likely N-dealkylation sites (tertiary alicyclic amines) is 1. The van der Waals surface area contributed by atoms with E-state index < -0.39 is 0 Å². The number of aryl methyl sites for hydroxylation is 3. The van der Waals surface area contributed by atoms with Crippen LogP contribution in [0.5, 0.6) is 0 Å². The molecule has 1 aromatic carbocycles. The Bertz CT molecular complexity index is 737. The average molecular weight is 298 g/mol. The van der Waals surface area contributed by atoms with Crippen molar-refractivity contribution in [3.8, 4) is 0 Å². The molecule has 0 unspecified atom stereocenters. The van der Waals surface area contributed by atoms with E-state index in [1.807, 2.05) is 13.8 Å². The Kier molecular flexibility index (Phi) is 4.34. The molecular formula is C19H26N2O. The Hall–Kier alpha value is -1.61. The van der Waals surface area contributed by atoms with E-state index in [4.69, 9.17) is 0 Å². The van der Waals surface area contributed by atoms with Gasteiger partial charge in [-0.2, -0.15) is 0 Å². The molecule has 0 atom stereocenters. The highest BCUT2D eigenvalue weighted by Gasteiger charge is 2.16. The van der Waals surface area contributed by atoms with Gasteiger partial charge in [0.15, 0.2) is 5.43 Å². The fourth-order valence-electron chi connectivity index (χ4n) is 3.56. The summed E-state index contributed by atoms with van der Waals surface area (Å²) in [6, 6.07) is 4.14. The Labute approximate surface area is 132 Å². The smallest absolute Gasteiger partial charge is 0.194 e. The maximum Gasteiger partial charge on any atom is 0.194 e. The van der Waals surface area contributed by atoms with Crippen LogP contribution in [0.3, 0.4) is 0 Å². The molecule has 0 amide bonds. The minimum Gasteiger partial charge on any atom is -0.358 e. The molecule has 2 heterocycles. The molecule has 1 aromatic heterocycles. The van der Waals surface area contributed by atoms with Crippen molar-refractivity contribution >= 4 is 10.9 Å². The summed E-state index contributed by atoms with van der Waals surface area (Å²) in [5.41, 5.74) is 5.40. The fraction of sp³-hybridized carbons (Fsp3) is 0.526. The molecule has 1 saturated heterocycles. The number of nitrogens with one attached hydrogen (secondary N) is 1. The van der Waals surface area contributed by atoms with Gasteiger partial charge in [0.2, 0.25) is 0 Å². The summed E-state index contributed by atoms with van der Waals surface area (Å²) in [5.74, 6) is 0. The number of fused-ring (bicyclic) bond motifs is 1. The van der Waals surface area contributed by atoms with Crippen molar-refractivity contribution in [2.75, 3.05) is 13.1 Å². The number of hydrogen-bond acceptors (Lipinski definition) is 2. The van der Waals surface area contributed by atoms with Crippen LogP contribution in [0.4, 0.5) is 0 Å². The summed E-state index contributed by atoms with van der Waals surface area (Å²) < 4.78 is 0. The monoisotopic (exact) mass is 298 g/mol. The zero-order chi connectivity index (χ0) is 15.7. The molecule has 0 bridgehead atoms. The van der Waals surface area contributed by atoms with E-state index in [1.165, 1.54) is 25.7 Å². The van der Waals surface area contributed by atoms with E-state index in [9.17, 15) is 4.79 Å². The first-order chi connectivity index (χ1) is 10.6. The molecule has 1 aliphatic rings. The summed E-state index contributed by atoms with van der Waals surface area (Å²) in [5, 5.41) is 0.871. The normalized spacial score (nSPS) is 16.9. The van der Waals surface area contributed by atoms with Crippen LogP contribution in [0.15, 0.2) is 16.9 Å². The lowest BCUT2D eigenvalue weighted by atomic mass is 10.0. The molecule has 0 saturated carbocycles. The maximum atomic E-state index is 13.0. The number of nitrogens with zero attached hydrogens (tertiary/aromatic N) is 1. The molecule has 3 rings (SSSR count). The molecule has 118 valence electrons. The summed E-state index contributed by atoms with van der Waals surface area (Å²) >= 11 is 0. The van der Waals surface area contributed by atoms with E-state index in [0.29, 0.717) is 0 Å². The van der Waals surface area contributed by atoms with Crippen molar-refractivity contribution in [2.24, 2.45) is 0 Å². The second-order valence-corrected chi connectivity index (χ2v) is 6.70. The minimum atomic E-state index is 0.219. The molecule has 1 N–H and O–H groups in total. The lowest BCUT2D eigenvalue weighted by Crippen LogP contribution is -2.28. The van der Waals surface area contributed by atoms with Crippen LogP contribution in [0.25, 0.3) is 10.9 Å². The van der Waals surface area contributed by atoms with E-state index in [0.717, 1.165) is 52.9 Å². The van der Waals surface area contributed by atoms with E-state index in [2.05, 4.69) is 28.9 Å². The number of rotatable bonds is 2. The molecule has 0 radical (unpaired) electrons. The number of aromatic amines is 1. The van der Waals surface area contributed by atoms with Gasteiger partial charge >= 0.3 is 0 Å². The predicted octanol–water partition coefficient (Wildman–Crippen LogP) is 3.83. The first-order valence-electron chi connectivity index (χ1n) is 8.42. The van der Waals surface area contributed by atoms with Crippen LogP contribution >= 0.6 is 0 Å². The third kappa shape index (κ3) is 2.82. The highest BCUT2D eigenvalue weighted by Crippen LogP contribution is 2.20. The van der Waals surface area contributed by atoms with Crippen molar-refractivity contribution in [2.45, 2.75) is 53.0 Å². The van der Waals surface area contributed by atoms with Gasteiger partial charge < -0.3 is 4.98 Å². The van der Waals surface area contributed by atoms with E-state index in [1.54, 1.807) is 0 Å². The first kappa shape index (κ1) is 15.3. The number of aromatic nitrogens is 1. The number of hydrogen-bond donors (Lipinski definition) is 1. The van der Waals surface area contributed by atoms with Gasteiger partial charge in [-0.1, -0.05) is 25.0 Å². The third-order valence-corrected chi connectivity index (χ3v) is 4.97. The SMILES string of the molecule is Cc1[nH]c2c(C)ccc(C)c2c(=O)c1CN1CCCCCC1. The lowest BCUT2D eigenvalue weighted by molar-refractivity contribution is 0.275. The molecule has 3 nitrogen and oxygen atoms in total. The quantitative estimate of drug-likeness (QED) is 0.914. The van der Waals surface area contributed by atoms with Gasteiger partial charge in [-0.3, -0.25) is 9.69 Å². The number of pyridine rings is 1. The van der Waals surface area contributed by atoms with Gasteiger partial charge in [-0.15, -0.1) is 0 Å². The standard InChI is InChI=1S/C19H26N2O/c1-13-8-9-14(2)18-17(13)19(22)16(15(3)20-18)12-21-10-6-4-5-7-11-21/h8-9H,4-7,10-12H2,1-3H3,(H,20,22). The van der Waals surface area contributed by atoms with Gasteiger partial charge in [-0.05, 0) is 57.8 Å². The van der Waals surface area contributed by atoms with Crippen LogP contribution in [-0.2, 0) is 6.54 Å². The third-order valence-electron chi connectivity index (χ3n) is 4.97. The number of benzene rings is 1. The largest absolute Gasteiger partial charge is 0.358 e. The second-order valence-electron chi connectivity index (χ2n) is 6.70. The van der Waals surface area contributed by atoms with Crippen molar-refractivity contribution in [1.82, 2.24) is 9.88 Å². The van der Waals surface area contributed by atoms with E-state index >= 15 is 0 Å². The fourth-order valence-corrected chi connectivity index (χ4v) is 3.56. The highest BCUT2D eigenvalue weighted by molar-refractivity contribution is 5.85. The summed E-state index contributed by atoms with van der Waals surface area (Å²) in [7, 11) is 0. The molecule has 1 fully saturated rings. The Morgan fingerprint density at radius 3 is 2.32 bits per heavy atom. The van der Waals surface area contributed by atoms with Gasteiger partial charge in [0.1, 0.15) is 0 Å². The van der Waals surface area contributed by atoms with Crippen LogP contribution in [-0.4, -0.2) is 23.0 Å². The molecule has 1 aliphatic heterocycles. The second kappa shape index (κ2) is 6.25. The lowest BCUT2D eigenvalue weighted by Gasteiger charge is -2.21. The summed E-state index contributed by atoms with van der Waals surface area (Å²) in [6.45, 7) is 9.14. The summed E-state index contributed by atoms with van der Waals surface area (Å²) in [4.78, 5) is 19.0. The molecule has 0 aliphatic carbocycles. The van der Waals surface area contributed by atoms with Gasteiger partial charge in [0.25, 0.3) is 0 Å². The molecule has 0 spiro atoms. The summed E-state index contributed by atoms with van der Waals surface area (Å²) in [6.07, 6.45) is 5.15. The van der Waals surface area contributed by atoms with Crippen LogP contribution < -0.4 is 5.43 Å². The van der Waals surface area contributed by atoms with Crippen LogP contribution in [0, 0.1) is 20.8 Å². The maximum absolute atomic E-state index is 13.0. The zero-order valence-corrected chi connectivity index (χ0v) is 14.0. The van der Waals surface area contributed by atoms with Crippen LogP contribution in [0.2, 0.25) is 0 Å². The number of H-pyrrole nitrogens is 1.